The van der Waals surface area contributed by atoms with Crippen LogP contribution in [0.3, 0.4) is 0 Å². The highest BCUT2D eigenvalue weighted by Crippen LogP contribution is 2.49. The SMILES string of the molecule is C#C/C=C\C#C[C@H](O[C@@H]1O[C@H](C)[C@@H](NO[C@H]2C[C@H](O)[C@H](SC(=O)c3c(C)c(I)c(O[C@@H]4O[C@@H](C)[C@H](O)[C@@H](OC)[C@H]4O)c(OC)c3OC)[C@@H](C)O2)[C@H](O)[C@H]1O[C@H]1C[C@H](OC)[C@@H](NCC)CO1)C1=C(NC(=O)OC)C(=O)C[C@](C)(O)/C1=C/CSSC(C)(C)CC(N)=O. The second kappa shape index (κ2) is 34.0. The third-order valence-electron chi connectivity index (χ3n) is 15.5. The van der Waals surface area contributed by atoms with Gasteiger partial charge in [0.05, 0.1) is 96.2 Å². The summed E-state index contributed by atoms with van der Waals surface area (Å²) in [6.07, 6.45) is -9.07. The van der Waals surface area contributed by atoms with Gasteiger partial charge in [-0.25, -0.2) is 4.79 Å². The van der Waals surface area contributed by atoms with Crippen molar-refractivity contribution in [1.29, 1.82) is 0 Å². The van der Waals surface area contributed by atoms with Gasteiger partial charge < -0.3 is 93.4 Å². The maximum Gasteiger partial charge on any atom is 0.411 e. The minimum atomic E-state index is -1.88. The number of primary amides is 1. The first kappa shape index (κ1) is 75.2. The van der Waals surface area contributed by atoms with Crippen LogP contribution in [0.15, 0.2) is 35.1 Å². The van der Waals surface area contributed by atoms with E-state index in [-0.39, 0.29) is 77.3 Å². The molecule has 26 nitrogen and oxygen atoms in total. The number of alkyl carbamates (subject to hydrolysis) is 1. The van der Waals surface area contributed by atoms with Gasteiger partial charge in [0, 0.05) is 56.0 Å². The molecule has 0 radical (unpaired) electrons. The number of likely N-dealkylation sites (N-methyl/N-ethyl adjacent to an activating group) is 1. The number of rotatable bonds is 25. The zero-order chi connectivity index (χ0) is 66.5. The zero-order valence-electron chi connectivity index (χ0n) is 52.5. The first-order chi connectivity index (χ1) is 42.6. The molecule has 1 aromatic carbocycles. The number of carbonyl (C=O) groups excluding carboxylic acids is 4. The van der Waals surface area contributed by atoms with Crippen LogP contribution in [-0.2, 0) is 57.1 Å². The Bertz CT molecular complexity index is 2870. The molecule has 5 aliphatic rings. The van der Waals surface area contributed by atoms with Crippen molar-refractivity contribution in [3.63, 3.8) is 0 Å². The van der Waals surface area contributed by atoms with Gasteiger partial charge in [0.25, 0.3) is 0 Å². The average molecular weight is 1440 g/mol. The zero-order valence-corrected chi connectivity index (χ0v) is 57.1. The molecule has 4 saturated heterocycles. The van der Waals surface area contributed by atoms with Gasteiger partial charge >= 0.3 is 6.09 Å². The summed E-state index contributed by atoms with van der Waals surface area (Å²) in [5.41, 5.74) is 6.83. The fourth-order valence-corrected chi connectivity index (χ4v) is 15.1. The summed E-state index contributed by atoms with van der Waals surface area (Å²) in [6.45, 7) is 14.4. The first-order valence-corrected chi connectivity index (χ1v) is 33.3. The van der Waals surface area contributed by atoms with Crippen LogP contribution in [0, 0.1) is 34.7 Å². The number of hydrogen-bond donors (Lipinski definition) is 9. The molecule has 30 heteroatoms. The number of methoxy groups -OCH3 is 5. The van der Waals surface area contributed by atoms with Gasteiger partial charge in [0.15, 0.2) is 36.2 Å². The highest BCUT2D eigenvalue weighted by molar-refractivity contribution is 14.1. The van der Waals surface area contributed by atoms with Gasteiger partial charge in [-0.2, -0.15) is 5.48 Å². The number of aliphatic hydroxyl groups is 5. The molecule has 0 saturated carbocycles. The summed E-state index contributed by atoms with van der Waals surface area (Å²) in [4.78, 5) is 59.7. The number of nitrogens with two attached hydrogens (primary N) is 1. The molecule has 90 heavy (non-hydrogen) atoms. The van der Waals surface area contributed by atoms with Crippen molar-refractivity contribution < 1.29 is 106 Å². The van der Waals surface area contributed by atoms with E-state index in [0.29, 0.717) is 15.7 Å². The van der Waals surface area contributed by atoms with Crippen molar-refractivity contribution in [2.24, 2.45) is 5.73 Å². The molecular weight excluding hydrogens is 1350 g/mol. The highest BCUT2D eigenvalue weighted by atomic mass is 127. The fraction of sp³-hybridized carbons (Fsp3) is 0.667. The van der Waals surface area contributed by atoms with E-state index in [1.165, 1.54) is 62.0 Å². The summed E-state index contributed by atoms with van der Waals surface area (Å²) in [7, 11) is 9.44. The van der Waals surface area contributed by atoms with E-state index in [2.05, 4.69) is 33.9 Å². The minimum absolute atomic E-state index is 0.0125. The number of aliphatic hydroxyl groups excluding tert-OH is 4. The second-order valence-electron chi connectivity index (χ2n) is 22.6. The van der Waals surface area contributed by atoms with E-state index in [1.807, 2.05) is 43.4 Å². The normalized spacial score (nSPS) is 33.2. The van der Waals surface area contributed by atoms with E-state index in [9.17, 15) is 44.7 Å². The van der Waals surface area contributed by atoms with Gasteiger partial charge in [0.1, 0.15) is 36.6 Å². The largest absolute Gasteiger partial charge is 0.492 e. The lowest BCUT2D eigenvalue weighted by Crippen LogP contribution is -2.65. The molecule has 4 heterocycles. The predicted molar refractivity (Wildman–Crippen MR) is 341 cm³/mol. The molecular formula is C60H85IN4O22S3. The Morgan fingerprint density at radius 3 is 2.24 bits per heavy atom. The van der Waals surface area contributed by atoms with E-state index in [0.717, 1.165) is 18.9 Å². The molecule has 0 unspecified atom stereocenters. The highest BCUT2D eigenvalue weighted by Gasteiger charge is 2.52. The van der Waals surface area contributed by atoms with E-state index >= 15 is 0 Å². The minimum Gasteiger partial charge on any atom is -0.492 e. The number of Topliss-reactive ketones (excluding diaryl/α,β-unsaturated/α-hetero) is 1. The van der Waals surface area contributed by atoms with Gasteiger partial charge in [0.2, 0.25) is 23.1 Å². The molecule has 502 valence electrons. The summed E-state index contributed by atoms with van der Waals surface area (Å²) in [6, 6.07) is -1.35. The number of amides is 2. The van der Waals surface area contributed by atoms with E-state index < -0.39 is 143 Å². The molecule has 0 aromatic heterocycles. The number of allylic oxidation sites excluding steroid dienone is 3. The Morgan fingerprint density at radius 1 is 0.922 bits per heavy atom. The molecule has 1 aliphatic carbocycles. The summed E-state index contributed by atoms with van der Waals surface area (Å²) in [5.74, 6) is 7.31. The standard InChI is InChI=1S/C60H85IN4O22S3/c1-15-17-18-19-20-36(42-32(21-22-88-90-59(7,8)26-38(62)68)60(9,74)25-35(67)45(42)64-58(73)79-14)84-57-52(85-39-24-37(75-10)33(27-80-39)63-16-2)47(70)44(29(4)82-57)65-87-40-23-34(66)54(31(6)81-40)89-55(72)41-28(3)43(61)50(53(78-13)49(41)76-11)86-56-48(71)51(77-12)46(69)30(5)83-56/h1,17-18,21,29-31,33-34,36-37,39-40,44,46-48,51-52,54,56-57,63,65-66,69-71,74H,16,22-27H2,2-14H3,(H2,62,68)(H,64,73)/b18-17-,32-21+/t29-,30+,31-,33+,34+,36+,37+,39+,40+,44-,46+,47+,48-,51-,52-,54-,56+,57+,60+/m1/s1. The Balaban J connectivity index is 1.27. The number of ketones is 1. The molecule has 0 bridgehead atoms. The molecule has 1 aromatic rings. The number of hydroxylamine groups is 1. The van der Waals surface area contributed by atoms with Gasteiger partial charge in [-0.1, -0.05) is 64.1 Å². The fourth-order valence-electron chi connectivity index (χ4n) is 11.0. The van der Waals surface area contributed by atoms with Crippen LogP contribution in [0.1, 0.15) is 90.1 Å². The maximum absolute atomic E-state index is 14.5. The van der Waals surface area contributed by atoms with E-state index in [4.69, 9.17) is 73.8 Å². The van der Waals surface area contributed by atoms with Crippen LogP contribution in [-0.4, -0.2) is 223 Å². The first-order valence-electron chi connectivity index (χ1n) is 29.0. The molecule has 6 rings (SSSR count). The Hall–Kier alpha value is -3.82. The predicted octanol–water partition coefficient (Wildman–Crippen LogP) is 3.21. The van der Waals surface area contributed by atoms with Crippen LogP contribution >= 0.6 is 55.9 Å². The van der Waals surface area contributed by atoms with Gasteiger partial charge in [-0.05, 0) is 101 Å². The quantitative estimate of drug-likeness (QED) is 0.0223. The van der Waals surface area contributed by atoms with Crippen molar-refractivity contribution in [3.05, 3.63) is 49.8 Å². The number of halogens is 1. The summed E-state index contributed by atoms with van der Waals surface area (Å²) in [5, 5.41) is 62.7. The lowest BCUT2D eigenvalue weighted by molar-refractivity contribution is -0.336. The Morgan fingerprint density at radius 2 is 1.62 bits per heavy atom. The number of nitrogens with one attached hydrogen (secondary N) is 3. The third-order valence-corrected chi connectivity index (χ3v) is 21.3. The van der Waals surface area contributed by atoms with Crippen LogP contribution < -0.4 is 36.1 Å². The van der Waals surface area contributed by atoms with Crippen LogP contribution in [0.2, 0.25) is 0 Å². The van der Waals surface area contributed by atoms with E-state index in [1.54, 1.807) is 40.9 Å². The van der Waals surface area contributed by atoms with Crippen molar-refractivity contribution in [2.45, 2.75) is 201 Å². The molecule has 2 amide bonds. The van der Waals surface area contributed by atoms with Crippen LogP contribution in [0.4, 0.5) is 4.79 Å². The number of ether oxygens (including phenoxy) is 12. The lowest BCUT2D eigenvalue weighted by Gasteiger charge is -2.46. The van der Waals surface area contributed by atoms with Gasteiger partial charge in [-0.3, -0.25) is 24.5 Å². The van der Waals surface area contributed by atoms with Crippen molar-refractivity contribution in [1.82, 2.24) is 16.1 Å². The monoisotopic (exact) mass is 1440 g/mol. The molecule has 10 N–H and O–H groups in total. The number of terminal acetylenes is 1. The Kier molecular flexibility index (Phi) is 28.4. The number of carbonyl (C=O) groups is 4. The number of benzene rings is 1. The van der Waals surface area contributed by atoms with Crippen LogP contribution in [0.25, 0.3) is 0 Å². The number of thioether (sulfide) groups is 1. The number of hydrogen-bond acceptors (Lipinski definition) is 27. The smallest absolute Gasteiger partial charge is 0.411 e. The van der Waals surface area contributed by atoms with Crippen molar-refractivity contribution in [3.8, 4) is 41.4 Å². The van der Waals surface area contributed by atoms with Crippen molar-refractivity contribution in [2.75, 3.05) is 54.5 Å². The molecule has 19 atom stereocenters. The summed E-state index contributed by atoms with van der Waals surface area (Å²) >= 11 is 2.80. The Labute approximate surface area is 550 Å². The lowest BCUT2D eigenvalue weighted by atomic mass is 9.76. The van der Waals surface area contributed by atoms with Gasteiger partial charge in [-0.15, -0.1) is 6.42 Å². The second-order valence-corrected chi connectivity index (χ2v) is 27.9. The third kappa shape index (κ3) is 18.6. The molecule has 4 aliphatic heterocycles. The molecule has 4 fully saturated rings. The summed E-state index contributed by atoms with van der Waals surface area (Å²) < 4.78 is 72.1. The maximum atomic E-state index is 14.5. The average Bonchev–Trinajstić information content (AvgIpc) is 0.850. The van der Waals surface area contributed by atoms with Crippen molar-refractivity contribution >= 4 is 78.8 Å². The topological polar surface area (TPSA) is 352 Å². The van der Waals surface area contributed by atoms with Crippen LogP contribution in [0.5, 0.6) is 17.2 Å². The molecule has 0 spiro atoms.